The van der Waals surface area contributed by atoms with Gasteiger partial charge in [-0.3, -0.25) is 9.59 Å². The zero-order chi connectivity index (χ0) is 14.0. The van der Waals surface area contributed by atoms with Crippen molar-refractivity contribution in [1.82, 2.24) is 0 Å². The van der Waals surface area contributed by atoms with Crippen LogP contribution in [0.15, 0.2) is 18.2 Å². The standard InChI is InChI=1S/C14H17NO4/c1-14(2,8-12(16)17)13(18)15-10-3-4-11-9(7-10)5-6-19-11/h3-4,7H,5-6,8H2,1-2H3,(H,15,18)(H,16,17). The highest BCUT2D eigenvalue weighted by Gasteiger charge is 2.30. The Bertz CT molecular complexity index is 522. The van der Waals surface area contributed by atoms with Crippen LogP contribution in [0, 0.1) is 5.41 Å². The first-order valence-corrected chi connectivity index (χ1v) is 6.17. The van der Waals surface area contributed by atoms with Crippen molar-refractivity contribution in [2.24, 2.45) is 5.41 Å². The first-order valence-electron chi connectivity index (χ1n) is 6.17. The molecule has 5 heteroatoms. The second kappa shape index (κ2) is 4.91. The lowest BCUT2D eigenvalue weighted by atomic mass is 9.88. The molecule has 19 heavy (non-hydrogen) atoms. The number of carboxylic acids is 1. The van der Waals surface area contributed by atoms with E-state index in [0.717, 1.165) is 17.7 Å². The van der Waals surface area contributed by atoms with Crippen molar-refractivity contribution in [1.29, 1.82) is 0 Å². The largest absolute Gasteiger partial charge is 0.493 e. The molecule has 1 aliphatic rings. The second-order valence-corrected chi connectivity index (χ2v) is 5.33. The van der Waals surface area contributed by atoms with Gasteiger partial charge in [0.1, 0.15) is 5.75 Å². The van der Waals surface area contributed by atoms with Crippen LogP contribution in [0.3, 0.4) is 0 Å². The van der Waals surface area contributed by atoms with Crippen molar-refractivity contribution in [3.63, 3.8) is 0 Å². The molecule has 0 unspecified atom stereocenters. The summed E-state index contributed by atoms with van der Waals surface area (Å²) in [6, 6.07) is 5.46. The molecule has 102 valence electrons. The third kappa shape index (κ3) is 3.05. The molecular weight excluding hydrogens is 246 g/mol. The van der Waals surface area contributed by atoms with Gasteiger partial charge in [0.2, 0.25) is 5.91 Å². The summed E-state index contributed by atoms with van der Waals surface area (Å²) in [4.78, 5) is 22.8. The first kappa shape index (κ1) is 13.4. The fraction of sp³-hybridized carbons (Fsp3) is 0.429. The zero-order valence-corrected chi connectivity index (χ0v) is 11.0. The van der Waals surface area contributed by atoms with E-state index < -0.39 is 11.4 Å². The van der Waals surface area contributed by atoms with E-state index in [0.29, 0.717) is 12.3 Å². The molecule has 0 spiro atoms. The molecule has 1 aromatic carbocycles. The minimum absolute atomic E-state index is 0.202. The lowest BCUT2D eigenvalue weighted by Gasteiger charge is -2.21. The Morgan fingerprint density at radius 3 is 2.84 bits per heavy atom. The van der Waals surface area contributed by atoms with E-state index in [1.807, 2.05) is 12.1 Å². The number of hydrogen-bond acceptors (Lipinski definition) is 3. The van der Waals surface area contributed by atoms with Gasteiger partial charge < -0.3 is 15.2 Å². The normalized spacial score (nSPS) is 13.6. The predicted molar refractivity (Wildman–Crippen MR) is 70.3 cm³/mol. The number of benzene rings is 1. The van der Waals surface area contributed by atoms with Crippen LogP contribution in [0.1, 0.15) is 25.8 Å². The number of fused-ring (bicyclic) bond motifs is 1. The number of hydrogen-bond donors (Lipinski definition) is 2. The van der Waals surface area contributed by atoms with E-state index in [-0.39, 0.29) is 12.3 Å². The molecule has 1 aliphatic heterocycles. The van der Waals surface area contributed by atoms with Gasteiger partial charge in [0, 0.05) is 12.1 Å². The molecule has 0 saturated heterocycles. The minimum atomic E-state index is -0.984. The summed E-state index contributed by atoms with van der Waals surface area (Å²) in [6.45, 7) is 3.90. The Morgan fingerprint density at radius 2 is 2.16 bits per heavy atom. The summed E-state index contributed by atoms with van der Waals surface area (Å²) >= 11 is 0. The van der Waals surface area contributed by atoms with Crippen molar-refractivity contribution < 1.29 is 19.4 Å². The molecule has 0 radical (unpaired) electrons. The number of rotatable bonds is 4. The van der Waals surface area contributed by atoms with E-state index in [2.05, 4.69) is 5.32 Å². The van der Waals surface area contributed by atoms with Crippen LogP contribution in [-0.4, -0.2) is 23.6 Å². The smallest absolute Gasteiger partial charge is 0.304 e. The monoisotopic (exact) mass is 263 g/mol. The van der Waals surface area contributed by atoms with Crippen LogP contribution in [0.2, 0.25) is 0 Å². The molecule has 1 aromatic rings. The fourth-order valence-corrected chi connectivity index (χ4v) is 2.02. The molecule has 0 saturated carbocycles. The molecule has 1 amide bonds. The van der Waals surface area contributed by atoms with E-state index >= 15 is 0 Å². The fourth-order valence-electron chi connectivity index (χ4n) is 2.02. The summed E-state index contributed by atoms with van der Waals surface area (Å²) in [7, 11) is 0. The zero-order valence-electron chi connectivity index (χ0n) is 11.0. The highest BCUT2D eigenvalue weighted by molar-refractivity contribution is 5.96. The van der Waals surface area contributed by atoms with Gasteiger partial charge in [-0.25, -0.2) is 0 Å². The number of amides is 1. The average molecular weight is 263 g/mol. The molecule has 0 atom stereocenters. The van der Waals surface area contributed by atoms with Crippen molar-refractivity contribution in [3.05, 3.63) is 23.8 Å². The first-order chi connectivity index (χ1) is 8.88. The number of ether oxygens (including phenoxy) is 1. The lowest BCUT2D eigenvalue weighted by Crippen LogP contribution is -2.32. The van der Waals surface area contributed by atoms with Gasteiger partial charge in [-0.1, -0.05) is 13.8 Å². The maximum atomic E-state index is 12.1. The van der Waals surface area contributed by atoms with Crippen molar-refractivity contribution in [3.8, 4) is 5.75 Å². The van der Waals surface area contributed by atoms with E-state index in [9.17, 15) is 9.59 Å². The summed E-state index contributed by atoms with van der Waals surface area (Å²) in [5.74, 6) is -0.431. The van der Waals surface area contributed by atoms with Crippen LogP contribution in [-0.2, 0) is 16.0 Å². The van der Waals surface area contributed by atoms with Crippen LogP contribution < -0.4 is 10.1 Å². The Hall–Kier alpha value is -2.04. The SMILES string of the molecule is CC(C)(CC(=O)O)C(=O)Nc1ccc2c(c1)CCO2. The Balaban J connectivity index is 2.08. The van der Waals surface area contributed by atoms with Gasteiger partial charge in [-0.05, 0) is 23.8 Å². The molecule has 1 heterocycles. The molecule has 0 fully saturated rings. The summed E-state index contributed by atoms with van der Waals surface area (Å²) < 4.78 is 5.39. The number of carbonyl (C=O) groups is 2. The number of aliphatic carboxylic acids is 1. The van der Waals surface area contributed by atoms with Crippen LogP contribution in [0.5, 0.6) is 5.75 Å². The Kier molecular flexibility index (Phi) is 3.46. The minimum Gasteiger partial charge on any atom is -0.493 e. The van der Waals surface area contributed by atoms with Crippen LogP contribution in [0.25, 0.3) is 0 Å². The van der Waals surface area contributed by atoms with Gasteiger partial charge >= 0.3 is 5.97 Å². The molecule has 2 rings (SSSR count). The van der Waals surface area contributed by atoms with E-state index in [4.69, 9.17) is 9.84 Å². The highest BCUT2D eigenvalue weighted by atomic mass is 16.5. The number of nitrogens with one attached hydrogen (secondary N) is 1. The second-order valence-electron chi connectivity index (χ2n) is 5.33. The quantitative estimate of drug-likeness (QED) is 0.871. The maximum absolute atomic E-state index is 12.1. The third-order valence-corrected chi connectivity index (χ3v) is 3.16. The van der Waals surface area contributed by atoms with Gasteiger partial charge in [0.15, 0.2) is 0 Å². The van der Waals surface area contributed by atoms with Gasteiger partial charge in [0.25, 0.3) is 0 Å². The topological polar surface area (TPSA) is 75.6 Å². The summed E-state index contributed by atoms with van der Waals surface area (Å²) in [6.07, 6.45) is 0.629. The van der Waals surface area contributed by atoms with Gasteiger partial charge in [0.05, 0.1) is 18.4 Å². The number of carboxylic acid groups (broad SMARTS) is 1. The molecule has 0 bridgehead atoms. The molecule has 0 aromatic heterocycles. The Labute approximate surface area is 111 Å². The number of carbonyl (C=O) groups excluding carboxylic acids is 1. The highest BCUT2D eigenvalue weighted by Crippen LogP contribution is 2.29. The van der Waals surface area contributed by atoms with Crippen molar-refractivity contribution in [2.45, 2.75) is 26.7 Å². The van der Waals surface area contributed by atoms with Gasteiger partial charge in [-0.15, -0.1) is 0 Å². The van der Waals surface area contributed by atoms with Crippen LogP contribution in [0.4, 0.5) is 5.69 Å². The average Bonchev–Trinajstić information content (AvgIpc) is 2.74. The van der Waals surface area contributed by atoms with E-state index in [1.54, 1.807) is 19.9 Å². The molecular formula is C14H17NO4. The van der Waals surface area contributed by atoms with Crippen molar-refractivity contribution in [2.75, 3.05) is 11.9 Å². The predicted octanol–water partition coefficient (Wildman–Crippen LogP) is 2.06. The van der Waals surface area contributed by atoms with E-state index in [1.165, 1.54) is 0 Å². The molecule has 0 aliphatic carbocycles. The third-order valence-electron chi connectivity index (χ3n) is 3.16. The number of anilines is 1. The maximum Gasteiger partial charge on any atom is 0.304 e. The summed E-state index contributed by atoms with van der Waals surface area (Å²) in [5.41, 5.74) is 0.794. The molecule has 5 nitrogen and oxygen atoms in total. The lowest BCUT2D eigenvalue weighted by molar-refractivity contribution is -0.142. The Morgan fingerprint density at radius 1 is 1.42 bits per heavy atom. The molecule has 2 N–H and O–H groups in total. The summed E-state index contributed by atoms with van der Waals surface area (Å²) in [5, 5.41) is 11.6. The van der Waals surface area contributed by atoms with Crippen molar-refractivity contribution >= 4 is 17.6 Å². The van der Waals surface area contributed by atoms with Gasteiger partial charge in [-0.2, -0.15) is 0 Å². The van der Waals surface area contributed by atoms with Crippen LogP contribution >= 0.6 is 0 Å².